The van der Waals surface area contributed by atoms with E-state index in [1.54, 1.807) is 16.0 Å². The van der Waals surface area contributed by atoms with Gasteiger partial charge in [0.05, 0.1) is 22.4 Å². The van der Waals surface area contributed by atoms with E-state index in [1.165, 1.54) is 16.0 Å². The second kappa shape index (κ2) is 6.94. The summed E-state index contributed by atoms with van der Waals surface area (Å²) in [6.07, 6.45) is 5.54. The summed E-state index contributed by atoms with van der Waals surface area (Å²) in [7, 11) is 1.92. The fraction of sp³-hybridized carbons (Fsp3) is 0.250. The molecule has 0 radical (unpaired) electrons. The van der Waals surface area contributed by atoms with Crippen LogP contribution in [0.3, 0.4) is 0 Å². The standard InChI is InChI=1S/C24H23N3OS/c1-24(28)12-19(13-24)16-8-10-17(11-9-16)21-22(18-6-4-3-5-7-18)29-23(26-21)20-14-25-27(2)15-20/h3-11,14-15,19,28H,12-13H2,1-2H3. The van der Waals surface area contributed by atoms with Gasteiger partial charge >= 0.3 is 0 Å². The topological polar surface area (TPSA) is 50.9 Å². The second-order valence-corrected chi connectivity index (χ2v) is 9.19. The number of nitrogens with zero attached hydrogens (tertiary/aromatic N) is 3. The number of hydrogen-bond acceptors (Lipinski definition) is 4. The summed E-state index contributed by atoms with van der Waals surface area (Å²) >= 11 is 1.70. The Kier molecular flexibility index (Phi) is 4.37. The quantitative estimate of drug-likeness (QED) is 0.491. The van der Waals surface area contributed by atoms with E-state index in [4.69, 9.17) is 4.98 Å². The zero-order chi connectivity index (χ0) is 20.0. The highest BCUT2D eigenvalue weighted by molar-refractivity contribution is 7.19. The van der Waals surface area contributed by atoms with Crippen LogP contribution in [0, 0.1) is 0 Å². The van der Waals surface area contributed by atoms with Crippen molar-refractivity contribution in [1.82, 2.24) is 14.8 Å². The normalized spacial score (nSPS) is 21.1. The Balaban J connectivity index is 1.54. The van der Waals surface area contributed by atoms with E-state index >= 15 is 0 Å². The number of aromatic nitrogens is 3. The Labute approximate surface area is 174 Å². The molecule has 0 unspecified atom stereocenters. The molecule has 0 amide bonds. The fourth-order valence-electron chi connectivity index (χ4n) is 4.11. The van der Waals surface area contributed by atoms with Crippen molar-refractivity contribution in [2.24, 2.45) is 7.05 Å². The molecular formula is C24H23N3OS. The minimum atomic E-state index is -0.503. The van der Waals surface area contributed by atoms with E-state index < -0.39 is 5.60 Å². The van der Waals surface area contributed by atoms with Crippen LogP contribution in [-0.4, -0.2) is 25.5 Å². The average molecular weight is 402 g/mol. The molecule has 1 fully saturated rings. The minimum absolute atomic E-state index is 0.453. The highest BCUT2D eigenvalue weighted by Gasteiger charge is 2.38. The summed E-state index contributed by atoms with van der Waals surface area (Å²) in [6.45, 7) is 1.92. The van der Waals surface area contributed by atoms with Gasteiger partial charge < -0.3 is 5.11 Å². The molecule has 1 aliphatic rings. The Morgan fingerprint density at radius 1 is 1.00 bits per heavy atom. The number of aliphatic hydroxyl groups is 1. The highest BCUT2D eigenvalue weighted by Crippen LogP contribution is 2.45. The van der Waals surface area contributed by atoms with Gasteiger partial charge in [-0.2, -0.15) is 5.10 Å². The molecular weight excluding hydrogens is 378 g/mol. The van der Waals surface area contributed by atoms with Gasteiger partial charge in [0.15, 0.2) is 0 Å². The van der Waals surface area contributed by atoms with Gasteiger partial charge in [0.25, 0.3) is 0 Å². The minimum Gasteiger partial charge on any atom is -0.390 e. The third-order valence-electron chi connectivity index (χ3n) is 5.64. The maximum Gasteiger partial charge on any atom is 0.127 e. The SMILES string of the molecule is Cn1cc(-c2nc(-c3ccc(C4CC(C)(O)C4)cc3)c(-c3ccccc3)s2)cn1. The molecule has 5 heteroatoms. The molecule has 2 heterocycles. The highest BCUT2D eigenvalue weighted by atomic mass is 32.1. The molecule has 5 rings (SSSR count). The van der Waals surface area contributed by atoms with Crippen LogP contribution in [0.2, 0.25) is 0 Å². The van der Waals surface area contributed by atoms with Crippen molar-refractivity contribution in [2.75, 3.05) is 0 Å². The van der Waals surface area contributed by atoms with Crippen molar-refractivity contribution in [3.8, 4) is 32.3 Å². The molecule has 4 aromatic rings. The molecule has 2 aromatic carbocycles. The van der Waals surface area contributed by atoms with E-state index in [2.05, 4.69) is 53.6 Å². The van der Waals surface area contributed by atoms with Crippen molar-refractivity contribution >= 4 is 11.3 Å². The van der Waals surface area contributed by atoms with Gasteiger partial charge in [-0.1, -0.05) is 54.6 Å². The van der Waals surface area contributed by atoms with Crippen LogP contribution in [0.4, 0.5) is 0 Å². The van der Waals surface area contributed by atoms with Gasteiger partial charge in [-0.05, 0) is 36.8 Å². The molecule has 0 atom stereocenters. The van der Waals surface area contributed by atoms with E-state index in [0.29, 0.717) is 5.92 Å². The third kappa shape index (κ3) is 3.52. The third-order valence-corrected chi connectivity index (χ3v) is 6.80. The fourth-order valence-corrected chi connectivity index (χ4v) is 5.17. The van der Waals surface area contributed by atoms with Crippen LogP contribution in [0.5, 0.6) is 0 Å². The van der Waals surface area contributed by atoms with Crippen LogP contribution in [0.1, 0.15) is 31.2 Å². The van der Waals surface area contributed by atoms with Crippen molar-refractivity contribution in [1.29, 1.82) is 0 Å². The summed E-state index contributed by atoms with van der Waals surface area (Å²) in [5.41, 5.74) is 5.13. The van der Waals surface area contributed by atoms with Crippen LogP contribution >= 0.6 is 11.3 Å². The first-order valence-electron chi connectivity index (χ1n) is 9.86. The van der Waals surface area contributed by atoms with Gasteiger partial charge in [-0.3, -0.25) is 4.68 Å². The van der Waals surface area contributed by atoms with Crippen molar-refractivity contribution in [3.05, 3.63) is 72.6 Å². The molecule has 29 heavy (non-hydrogen) atoms. The summed E-state index contributed by atoms with van der Waals surface area (Å²) in [6, 6.07) is 19.1. The summed E-state index contributed by atoms with van der Waals surface area (Å²) in [5.74, 6) is 0.453. The molecule has 1 saturated carbocycles. The molecule has 1 aliphatic carbocycles. The molecule has 1 N–H and O–H groups in total. The van der Waals surface area contributed by atoms with Crippen LogP contribution in [0.25, 0.3) is 32.3 Å². The van der Waals surface area contributed by atoms with E-state index in [-0.39, 0.29) is 0 Å². The van der Waals surface area contributed by atoms with Crippen LogP contribution in [-0.2, 0) is 7.05 Å². The first kappa shape index (κ1) is 18.3. The predicted octanol–water partition coefficient (Wildman–Crippen LogP) is 5.51. The number of aryl methyl sites for hydroxylation is 1. The molecule has 146 valence electrons. The van der Waals surface area contributed by atoms with Gasteiger partial charge in [0.2, 0.25) is 0 Å². The molecule has 4 nitrogen and oxygen atoms in total. The number of hydrogen-bond donors (Lipinski definition) is 1. The van der Waals surface area contributed by atoms with Crippen LogP contribution < -0.4 is 0 Å². The number of thiazole rings is 1. The van der Waals surface area contributed by atoms with Crippen molar-refractivity contribution in [2.45, 2.75) is 31.3 Å². The number of rotatable bonds is 4. The zero-order valence-electron chi connectivity index (χ0n) is 16.5. The monoisotopic (exact) mass is 401 g/mol. The molecule has 0 spiro atoms. The first-order valence-corrected chi connectivity index (χ1v) is 10.7. The molecule has 0 bridgehead atoms. The summed E-state index contributed by atoms with van der Waals surface area (Å²) in [4.78, 5) is 6.17. The lowest BCUT2D eigenvalue weighted by molar-refractivity contribution is -0.0313. The van der Waals surface area contributed by atoms with E-state index in [9.17, 15) is 5.11 Å². The Bertz CT molecular complexity index is 1130. The van der Waals surface area contributed by atoms with Crippen LogP contribution in [0.15, 0.2) is 67.0 Å². The molecule has 2 aromatic heterocycles. The Hall–Kier alpha value is -2.76. The molecule has 0 aliphatic heterocycles. The zero-order valence-corrected chi connectivity index (χ0v) is 17.4. The largest absolute Gasteiger partial charge is 0.390 e. The lowest BCUT2D eigenvalue weighted by atomic mass is 9.69. The maximum atomic E-state index is 10.0. The van der Waals surface area contributed by atoms with E-state index in [0.717, 1.165) is 34.7 Å². The van der Waals surface area contributed by atoms with Gasteiger partial charge in [0, 0.05) is 24.4 Å². The average Bonchev–Trinajstić information content (AvgIpc) is 3.33. The Morgan fingerprint density at radius 3 is 2.34 bits per heavy atom. The van der Waals surface area contributed by atoms with Crippen molar-refractivity contribution < 1.29 is 5.11 Å². The van der Waals surface area contributed by atoms with Crippen molar-refractivity contribution in [3.63, 3.8) is 0 Å². The lowest BCUT2D eigenvalue weighted by Gasteiger charge is -2.41. The lowest BCUT2D eigenvalue weighted by Crippen LogP contribution is -2.39. The molecule has 0 saturated heterocycles. The second-order valence-electron chi connectivity index (χ2n) is 8.19. The summed E-state index contributed by atoms with van der Waals surface area (Å²) in [5, 5.41) is 15.3. The first-order chi connectivity index (χ1) is 14.0. The van der Waals surface area contributed by atoms with E-state index in [1.807, 2.05) is 32.4 Å². The Morgan fingerprint density at radius 2 is 1.72 bits per heavy atom. The van der Waals surface area contributed by atoms with Gasteiger partial charge in [0.1, 0.15) is 5.01 Å². The van der Waals surface area contributed by atoms with Gasteiger partial charge in [-0.25, -0.2) is 4.98 Å². The number of benzene rings is 2. The maximum absolute atomic E-state index is 10.0. The smallest absolute Gasteiger partial charge is 0.127 e. The van der Waals surface area contributed by atoms with Gasteiger partial charge in [-0.15, -0.1) is 11.3 Å². The predicted molar refractivity (Wildman–Crippen MR) is 118 cm³/mol. The summed E-state index contributed by atoms with van der Waals surface area (Å²) < 4.78 is 1.81.